The number of aromatic nitrogens is 2. The molecule has 0 radical (unpaired) electrons. The van der Waals surface area contributed by atoms with Crippen molar-refractivity contribution in [2.45, 2.75) is 45.2 Å². The smallest absolute Gasteiger partial charge is 0.337 e. The highest BCUT2D eigenvalue weighted by Gasteiger charge is 2.44. The highest BCUT2D eigenvalue weighted by Crippen LogP contribution is 2.36. The van der Waals surface area contributed by atoms with Crippen LogP contribution >= 0.6 is 0 Å². The monoisotopic (exact) mass is 467 g/mol. The van der Waals surface area contributed by atoms with Gasteiger partial charge in [0.2, 0.25) is 0 Å². The summed E-state index contributed by atoms with van der Waals surface area (Å²) in [4.78, 5) is 30.7. The van der Waals surface area contributed by atoms with E-state index in [1.807, 2.05) is 6.07 Å². The van der Waals surface area contributed by atoms with Gasteiger partial charge in [0.05, 0.1) is 18.2 Å². The number of nitrogens with zero attached hydrogens (tertiary/aromatic N) is 4. The lowest BCUT2D eigenvalue weighted by Gasteiger charge is -2.24. The summed E-state index contributed by atoms with van der Waals surface area (Å²) in [5.74, 6) is -4.12. The molecule has 2 atom stereocenters. The number of aryl methyl sites for hydroxylation is 1. The third-order valence-corrected chi connectivity index (χ3v) is 5.98. The Morgan fingerprint density at radius 1 is 1.38 bits per heavy atom. The van der Waals surface area contributed by atoms with Crippen LogP contribution in [0, 0.1) is 18.3 Å². The second-order valence-corrected chi connectivity index (χ2v) is 8.65. The van der Waals surface area contributed by atoms with Gasteiger partial charge in [0.1, 0.15) is 11.7 Å². The van der Waals surface area contributed by atoms with E-state index in [0.29, 0.717) is 16.8 Å². The molecule has 1 aromatic carbocycles. The molecule has 0 saturated carbocycles. The molecule has 4 rings (SSSR count). The molecule has 0 amide bonds. The fourth-order valence-electron chi connectivity index (χ4n) is 4.42. The number of nitriles is 1. The van der Waals surface area contributed by atoms with Gasteiger partial charge in [-0.2, -0.15) is 5.26 Å². The minimum atomic E-state index is -2.95. The van der Waals surface area contributed by atoms with Crippen LogP contribution in [0.4, 0.5) is 20.3 Å². The zero-order chi connectivity index (χ0) is 24.8. The molecule has 8 nitrogen and oxygen atoms in total. The standard InChI is InChI=1S/C24H23F2N5O3/c1-13-8-17(15(3)28-19-7-5-4-6-16(19)23(33)34)20-29-21(18(10-27)22(32)30(20)11-13)31-12-24(25,26)9-14(31)2/h4-8,11,14-15,28H,9,12H2,1-3H3,(H,33,34)/t14-,15?/m0/s1. The van der Waals surface area contributed by atoms with Gasteiger partial charge in [0.15, 0.2) is 11.4 Å². The first-order valence-corrected chi connectivity index (χ1v) is 10.7. The number of carboxylic acids is 1. The van der Waals surface area contributed by atoms with Crippen LogP contribution in [0.15, 0.2) is 41.3 Å². The molecule has 0 aliphatic carbocycles. The highest BCUT2D eigenvalue weighted by atomic mass is 19.3. The fraction of sp³-hybridized carbons (Fsp3) is 0.333. The second kappa shape index (κ2) is 8.41. The largest absolute Gasteiger partial charge is 0.478 e. The number of alkyl halides is 2. The highest BCUT2D eigenvalue weighted by molar-refractivity contribution is 5.94. The van der Waals surface area contributed by atoms with Crippen molar-refractivity contribution in [1.82, 2.24) is 9.38 Å². The number of rotatable bonds is 5. The van der Waals surface area contributed by atoms with Crippen LogP contribution in [0.1, 0.15) is 53.4 Å². The van der Waals surface area contributed by atoms with Crippen LogP contribution in [-0.2, 0) is 0 Å². The lowest BCUT2D eigenvalue weighted by atomic mass is 10.1. The Hall–Kier alpha value is -4.00. The molecule has 1 aliphatic heterocycles. The summed E-state index contributed by atoms with van der Waals surface area (Å²) in [7, 11) is 0. The molecular formula is C24H23F2N5O3. The number of benzene rings is 1. The van der Waals surface area contributed by atoms with E-state index in [-0.39, 0.29) is 22.6 Å². The molecule has 0 spiro atoms. The Morgan fingerprint density at radius 3 is 2.71 bits per heavy atom. The maximum Gasteiger partial charge on any atom is 0.337 e. The van der Waals surface area contributed by atoms with Gasteiger partial charge in [-0.1, -0.05) is 12.1 Å². The van der Waals surface area contributed by atoms with Gasteiger partial charge in [-0.15, -0.1) is 0 Å². The molecule has 3 heterocycles. The number of aromatic carboxylic acids is 1. The zero-order valence-corrected chi connectivity index (χ0v) is 18.8. The van der Waals surface area contributed by atoms with Crippen LogP contribution < -0.4 is 15.8 Å². The van der Waals surface area contributed by atoms with Crippen LogP contribution in [0.25, 0.3) is 5.65 Å². The number of anilines is 2. The number of pyridine rings is 1. The normalized spacial score (nSPS) is 18.0. The van der Waals surface area contributed by atoms with Gasteiger partial charge in [-0.3, -0.25) is 9.20 Å². The molecule has 10 heteroatoms. The molecule has 2 aromatic heterocycles. The van der Waals surface area contributed by atoms with Gasteiger partial charge in [0, 0.05) is 29.9 Å². The summed E-state index contributed by atoms with van der Waals surface area (Å²) in [6, 6.07) is 8.95. The van der Waals surface area contributed by atoms with E-state index >= 15 is 0 Å². The molecule has 176 valence electrons. The van der Waals surface area contributed by atoms with Crippen molar-refractivity contribution < 1.29 is 18.7 Å². The van der Waals surface area contributed by atoms with E-state index < -0.39 is 42.5 Å². The van der Waals surface area contributed by atoms with Crippen LogP contribution in [0.3, 0.4) is 0 Å². The molecular weight excluding hydrogens is 444 g/mol. The maximum atomic E-state index is 14.1. The average molecular weight is 467 g/mol. The number of carbonyl (C=O) groups is 1. The van der Waals surface area contributed by atoms with E-state index in [9.17, 15) is 28.7 Å². The molecule has 1 fully saturated rings. The third-order valence-electron chi connectivity index (χ3n) is 5.98. The van der Waals surface area contributed by atoms with Crippen molar-refractivity contribution in [3.05, 3.63) is 69.1 Å². The van der Waals surface area contributed by atoms with E-state index in [1.165, 1.54) is 15.4 Å². The number of halogens is 2. The number of hydrogen-bond donors (Lipinski definition) is 2. The number of fused-ring (bicyclic) bond motifs is 1. The average Bonchev–Trinajstić information content (AvgIpc) is 3.05. The Bertz CT molecular complexity index is 1400. The summed E-state index contributed by atoms with van der Waals surface area (Å²) >= 11 is 0. The molecule has 3 aromatic rings. The van der Waals surface area contributed by atoms with Crippen molar-refractivity contribution in [3.8, 4) is 6.07 Å². The molecule has 1 aliphatic rings. The second-order valence-electron chi connectivity index (χ2n) is 8.65. The summed E-state index contributed by atoms with van der Waals surface area (Å²) in [5, 5.41) is 22.3. The third kappa shape index (κ3) is 4.05. The van der Waals surface area contributed by atoms with Crippen molar-refractivity contribution in [2.75, 3.05) is 16.8 Å². The minimum Gasteiger partial charge on any atom is -0.478 e. The first-order valence-electron chi connectivity index (χ1n) is 10.7. The van der Waals surface area contributed by atoms with Crippen molar-refractivity contribution in [1.29, 1.82) is 5.26 Å². The zero-order valence-electron chi connectivity index (χ0n) is 18.8. The van der Waals surface area contributed by atoms with E-state index in [0.717, 1.165) is 0 Å². The first kappa shape index (κ1) is 23.2. The van der Waals surface area contributed by atoms with Crippen molar-refractivity contribution in [3.63, 3.8) is 0 Å². The molecule has 34 heavy (non-hydrogen) atoms. The lowest BCUT2D eigenvalue weighted by molar-refractivity contribution is 0.0229. The number of nitrogens with one attached hydrogen (secondary N) is 1. The van der Waals surface area contributed by atoms with Crippen LogP contribution in [0.5, 0.6) is 0 Å². The van der Waals surface area contributed by atoms with Crippen LogP contribution in [0.2, 0.25) is 0 Å². The Kier molecular flexibility index (Phi) is 5.73. The summed E-state index contributed by atoms with van der Waals surface area (Å²) in [6.07, 6.45) is 1.14. The number of carboxylic acid groups (broad SMARTS) is 1. The predicted molar refractivity (Wildman–Crippen MR) is 123 cm³/mol. The van der Waals surface area contributed by atoms with Crippen molar-refractivity contribution >= 4 is 23.1 Å². The quantitative estimate of drug-likeness (QED) is 0.584. The van der Waals surface area contributed by atoms with Crippen molar-refractivity contribution in [2.24, 2.45) is 0 Å². The molecule has 0 bridgehead atoms. The van der Waals surface area contributed by atoms with E-state index in [2.05, 4.69) is 10.3 Å². The van der Waals surface area contributed by atoms with Gasteiger partial charge in [-0.25, -0.2) is 18.6 Å². The minimum absolute atomic E-state index is 0.0691. The first-order chi connectivity index (χ1) is 16.0. The summed E-state index contributed by atoms with van der Waals surface area (Å²) in [6.45, 7) is 4.53. The topological polar surface area (TPSA) is 111 Å². The van der Waals surface area contributed by atoms with Gasteiger partial charge in [-0.05, 0) is 44.5 Å². The predicted octanol–water partition coefficient (Wildman–Crippen LogP) is 3.98. The Balaban J connectivity index is 1.89. The number of para-hydroxylation sites is 1. The Morgan fingerprint density at radius 2 is 2.09 bits per heavy atom. The SMILES string of the molecule is Cc1cc(C(C)Nc2ccccc2C(=O)O)c2nc(N3CC(F)(F)C[C@@H]3C)c(C#N)c(=O)n2c1. The van der Waals surface area contributed by atoms with E-state index in [4.69, 9.17) is 0 Å². The fourth-order valence-corrected chi connectivity index (χ4v) is 4.42. The molecule has 2 N–H and O–H groups in total. The summed E-state index contributed by atoms with van der Waals surface area (Å²) in [5.41, 5.74) is 0.998. The Labute approximate surface area is 194 Å². The van der Waals surface area contributed by atoms with Gasteiger partial charge in [0.25, 0.3) is 11.5 Å². The molecule has 1 saturated heterocycles. The van der Waals surface area contributed by atoms with Gasteiger partial charge >= 0.3 is 5.97 Å². The van der Waals surface area contributed by atoms with E-state index in [1.54, 1.807) is 51.2 Å². The van der Waals surface area contributed by atoms with Gasteiger partial charge < -0.3 is 15.3 Å². The lowest BCUT2D eigenvalue weighted by Crippen LogP contribution is -2.33. The number of hydrogen-bond acceptors (Lipinski definition) is 6. The van der Waals surface area contributed by atoms with Crippen LogP contribution in [-0.4, -0.2) is 39.0 Å². The molecule has 1 unspecified atom stereocenters. The maximum absolute atomic E-state index is 14.1. The summed E-state index contributed by atoms with van der Waals surface area (Å²) < 4.78 is 29.4.